The number of rotatable bonds is 4. The van der Waals surface area contributed by atoms with Crippen LogP contribution in [0.1, 0.15) is 29.4 Å². The molecule has 0 spiro atoms. The number of aryl methyl sites for hydroxylation is 1. The molecule has 0 N–H and O–H groups in total. The Morgan fingerprint density at radius 3 is 2.96 bits per heavy atom. The maximum atomic E-state index is 12.6. The third-order valence-corrected chi connectivity index (χ3v) is 4.36. The van der Waals surface area contributed by atoms with E-state index >= 15 is 0 Å². The summed E-state index contributed by atoms with van der Waals surface area (Å²) in [6.07, 6.45) is 3.95. The number of halogens is 1. The molecule has 0 aromatic carbocycles. The van der Waals surface area contributed by atoms with Crippen LogP contribution in [0.4, 0.5) is 0 Å². The van der Waals surface area contributed by atoms with E-state index < -0.39 is 0 Å². The molecule has 24 heavy (non-hydrogen) atoms. The molecular formula is C17H19ClN4O2. The van der Waals surface area contributed by atoms with Crippen LogP contribution in [0.2, 0.25) is 5.02 Å². The van der Waals surface area contributed by atoms with Crippen LogP contribution in [0, 0.1) is 12.3 Å². The van der Waals surface area contributed by atoms with Crippen molar-refractivity contribution in [2.45, 2.75) is 20.3 Å². The molecule has 1 amide bonds. The number of aromatic nitrogens is 3. The normalized spacial score (nSPS) is 20.2. The van der Waals surface area contributed by atoms with E-state index in [4.69, 9.17) is 16.3 Å². The lowest BCUT2D eigenvalue weighted by Crippen LogP contribution is -2.33. The number of carbonyl (C=O) groups excluding carboxylic acids is 1. The van der Waals surface area contributed by atoms with Gasteiger partial charge in [-0.05, 0) is 25.5 Å². The smallest absolute Gasteiger partial charge is 0.255 e. The van der Waals surface area contributed by atoms with Crippen molar-refractivity contribution in [3.05, 3.63) is 46.9 Å². The fraction of sp³-hybridized carbons (Fsp3) is 0.412. The average molecular weight is 347 g/mol. The topological polar surface area (TPSA) is 68.2 Å². The van der Waals surface area contributed by atoms with Crippen LogP contribution < -0.4 is 4.74 Å². The van der Waals surface area contributed by atoms with Crippen molar-refractivity contribution in [1.29, 1.82) is 0 Å². The van der Waals surface area contributed by atoms with Gasteiger partial charge in [0.25, 0.3) is 5.91 Å². The van der Waals surface area contributed by atoms with Gasteiger partial charge in [-0.15, -0.1) is 0 Å². The van der Waals surface area contributed by atoms with Crippen LogP contribution in [0.25, 0.3) is 0 Å². The Kier molecular flexibility index (Phi) is 4.66. The number of hydrogen-bond acceptors (Lipinski definition) is 5. The second-order valence-corrected chi connectivity index (χ2v) is 6.91. The Hall–Kier alpha value is -2.21. The molecule has 1 saturated heterocycles. The van der Waals surface area contributed by atoms with Gasteiger partial charge in [-0.1, -0.05) is 18.5 Å². The monoisotopic (exact) mass is 346 g/mol. The first-order valence-electron chi connectivity index (χ1n) is 7.78. The summed E-state index contributed by atoms with van der Waals surface area (Å²) in [5.41, 5.74) is 1.21. The zero-order valence-electron chi connectivity index (χ0n) is 13.7. The molecule has 0 unspecified atom stereocenters. The van der Waals surface area contributed by atoms with Gasteiger partial charge in [0.15, 0.2) is 0 Å². The summed E-state index contributed by atoms with van der Waals surface area (Å²) < 4.78 is 5.77. The lowest BCUT2D eigenvalue weighted by Gasteiger charge is -2.24. The Morgan fingerprint density at radius 1 is 1.42 bits per heavy atom. The van der Waals surface area contributed by atoms with E-state index in [-0.39, 0.29) is 11.3 Å². The number of nitrogens with zero attached hydrogens (tertiary/aromatic N) is 4. The van der Waals surface area contributed by atoms with E-state index in [1.165, 1.54) is 6.20 Å². The van der Waals surface area contributed by atoms with E-state index in [2.05, 4.69) is 22.1 Å². The quantitative estimate of drug-likeness (QED) is 0.851. The summed E-state index contributed by atoms with van der Waals surface area (Å²) in [7, 11) is 0. The number of pyridine rings is 1. The lowest BCUT2D eigenvalue weighted by atomic mass is 9.91. The van der Waals surface area contributed by atoms with Crippen molar-refractivity contribution >= 4 is 17.5 Å². The molecule has 1 aliphatic heterocycles. The molecule has 1 aliphatic rings. The minimum Gasteiger partial charge on any atom is -0.477 e. The molecule has 3 heterocycles. The molecule has 0 bridgehead atoms. The van der Waals surface area contributed by atoms with Gasteiger partial charge in [-0.3, -0.25) is 4.79 Å². The van der Waals surface area contributed by atoms with Crippen LogP contribution in [-0.4, -0.2) is 45.7 Å². The highest BCUT2D eigenvalue weighted by molar-refractivity contribution is 6.30. The van der Waals surface area contributed by atoms with E-state index in [1.54, 1.807) is 24.4 Å². The standard InChI is InChI=1S/C17H19ClN4O2/c1-12-7-13(8-20-21-12)16(23)22-6-5-17(2,10-22)11-24-15-4-3-14(18)9-19-15/h3-4,7-9H,5-6,10-11H2,1-2H3/t17-/m1/s1. The largest absolute Gasteiger partial charge is 0.477 e. The van der Waals surface area contributed by atoms with Crippen LogP contribution >= 0.6 is 11.6 Å². The summed E-state index contributed by atoms with van der Waals surface area (Å²) in [6.45, 7) is 5.78. The van der Waals surface area contributed by atoms with Gasteiger partial charge < -0.3 is 9.64 Å². The van der Waals surface area contributed by atoms with Crippen LogP contribution in [0.15, 0.2) is 30.6 Å². The van der Waals surface area contributed by atoms with Gasteiger partial charge in [0.1, 0.15) is 0 Å². The molecule has 2 aromatic heterocycles. The Bertz CT molecular complexity index is 738. The molecule has 7 heteroatoms. The first kappa shape index (κ1) is 16.6. The van der Waals surface area contributed by atoms with Crippen molar-refractivity contribution in [2.75, 3.05) is 19.7 Å². The zero-order chi connectivity index (χ0) is 17.2. The molecule has 2 aromatic rings. The number of carbonyl (C=O) groups is 1. The Labute approximate surface area is 145 Å². The molecule has 3 rings (SSSR count). The molecule has 126 valence electrons. The molecule has 0 radical (unpaired) electrons. The van der Waals surface area contributed by atoms with E-state index in [0.29, 0.717) is 36.2 Å². The highest BCUT2D eigenvalue weighted by Crippen LogP contribution is 2.31. The minimum absolute atomic E-state index is 0.0126. The molecule has 0 saturated carbocycles. The number of likely N-dealkylation sites (tertiary alicyclic amines) is 1. The zero-order valence-corrected chi connectivity index (χ0v) is 14.5. The second kappa shape index (κ2) is 6.73. The van der Waals surface area contributed by atoms with Gasteiger partial charge in [-0.2, -0.15) is 10.2 Å². The predicted molar refractivity (Wildman–Crippen MR) is 90.1 cm³/mol. The van der Waals surface area contributed by atoms with Crippen molar-refractivity contribution in [2.24, 2.45) is 5.41 Å². The van der Waals surface area contributed by atoms with E-state index in [0.717, 1.165) is 12.1 Å². The van der Waals surface area contributed by atoms with Gasteiger partial charge in [0.2, 0.25) is 5.88 Å². The molecule has 1 atom stereocenters. The summed E-state index contributed by atoms with van der Waals surface area (Å²) >= 11 is 5.82. The number of hydrogen-bond donors (Lipinski definition) is 0. The highest BCUT2D eigenvalue weighted by atomic mass is 35.5. The van der Waals surface area contributed by atoms with Crippen LogP contribution in [-0.2, 0) is 0 Å². The Balaban J connectivity index is 1.61. The third kappa shape index (κ3) is 3.82. The summed E-state index contributed by atoms with van der Waals surface area (Å²) in [5.74, 6) is 0.528. The van der Waals surface area contributed by atoms with Gasteiger partial charge in [0.05, 0.1) is 29.1 Å². The minimum atomic E-state index is -0.105. The van der Waals surface area contributed by atoms with E-state index in [9.17, 15) is 4.79 Å². The summed E-state index contributed by atoms with van der Waals surface area (Å²) in [4.78, 5) is 18.6. The van der Waals surface area contributed by atoms with Gasteiger partial charge in [0, 0.05) is 30.8 Å². The molecule has 0 aliphatic carbocycles. The van der Waals surface area contributed by atoms with Crippen molar-refractivity contribution < 1.29 is 9.53 Å². The number of ether oxygens (including phenoxy) is 1. The van der Waals surface area contributed by atoms with Crippen molar-refractivity contribution in [3.63, 3.8) is 0 Å². The number of amides is 1. The maximum Gasteiger partial charge on any atom is 0.255 e. The maximum absolute atomic E-state index is 12.6. The summed E-state index contributed by atoms with van der Waals surface area (Å²) in [6, 6.07) is 5.25. The fourth-order valence-corrected chi connectivity index (χ4v) is 2.90. The first-order chi connectivity index (χ1) is 11.5. The predicted octanol–water partition coefficient (Wildman–Crippen LogP) is 2.76. The summed E-state index contributed by atoms with van der Waals surface area (Å²) in [5, 5.41) is 8.32. The van der Waals surface area contributed by atoms with Crippen LogP contribution in [0.3, 0.4) is 0 Å². The van der Waals surface area contributed by atoms with Gasteiger partial charge in [-0.25, -0.2) is 4.98 Å². The first-order valence-corrected chi connectivity index (χ1v) is 8.16. The van der Waals surface area contributed by atoms with Crippen LogP contribution in [0.5, 0.6) is 5.88 Å². The van der Waals surface area contributed by atoms with Crippen molar-refractivity contribution in [3.8, 4) is 5.88 Å². The molecule has 6 nitrogen and oxygen atoms in total. The average Bonchev–Trinajstić information content (AvgIpc) is 2.96. The molecule has 1 fully saturated rings. The lowest BCUT2D eigenvalue weighted by molar-refractivity contribution is 0.0758. The third-order valence-electron chi connectivity index (χ3n) is 4.14. The molecular weight excluding hydrogens is 328 g/mol. The Morgan fingerprint density at radius 2 is 2.25 bits per heavy atom. The fourth-order valence-electron chi connectivity index (χ4n) is 2.78. The van der Waals surface area contributed by atoms with Crippen molar-refractivity contribution in [1.82, 2.24) is 20.1 Å². The second-order valence-electron chi connectivity index (χ2n) is 6.48. The van der Waals surface area contributed by atoms with E-state index in [1.807, 2.05) is 11.8 Å². The highest BCUT2D eigenvalue weighted by Gasteiger charge is 2.37. The van der Waals surface area contributed by atoms with Gasteiger partial charge >= 0.3 is 0 Å². The SMILES string of the molecule is Cc1cc(C(=O)N2CC[C@@](C)(COc3ccc(Cl)cn3)C2)cnn1.